The van der Waals surface area contributed by atoms with Crippen LogP contribution in [0.1, 0.15) is 16.7 Å². The molecule has 1 unspecified atom stereocenters. The fourth-order valence-electron chi connectivity index (χ4n) is 2.56. The van der Waals surface area contributed by atoms with Gasteiger partial charge in [-0.05, 0) is 30.0 Å². The Morgan fingerprint density at radius 2 is 2.25 bits per heavy atom. The van der Waals surface area contributed by atoms with Gasteiger partial charge in [-0.3, -0.25) is 0 Å². The van der Waals surface area contributed by atoms with E-state index in [-0.39, 0.29) is 6.04 Å². The van der Waals surface area contributed by atoms with Gasteiger partial charge in [0.25, 0.3) is 0 Å². The van der Waals surface area contributed by atoms with E-state index in [0.29, 0.717) is 4.20 Å². The van der Waals surface area contributed by atoms with Crippen molar-refractivity contribution < 1.29 is 0 Å². The fraction of sp³-hybridized carbons (Fsp3) is 0.250. The molecule has 0 saturated carbocycles. The lowest BCUT2D eigenvalue weighted by atomic mass is 9.87. The minimum absolute atomic E-state index is 0.190. The smallest absolute Gasteiger partial charge is 0.0750 e. The summed E-state index contributed by atoms with van der Waals surface area (Å²) in [6.07, 6.45) is 3.88. The van der Waals surface area contributed by atoms with Gasteiger partial charge in [-0.25, -0.2) is 0 Å². The molecular formula is C12H12N2S2. The molecule has 2 aromatic rings. The molecule has 0 spiro atoms. The second kappa shape index (κ2) is 3.58. The van der Waals surface area contributed by atoms with Crippen LogP contribution < -0.4 is 5.73 Å². The second-order valence-electron chi connectivity index (χ2n) is 4.30. The molecule has 1 atom stereocenters. The Morgan fingerprint density at radius 1 is 1.44 bits per heavy atom. The van der Waals surface area contributed by atoms with Crippen molar-refractivity contribution >= 4 is 39.9 Å². The number of hydrogen-bond donors (Lipinski definition) is 3. The third-order valence-electron chi connectivity index (χ3n) is 3.21. The molecule has 1 heterocycles. The Balaban J connectivity index is 2.37. The molecule has 16 heavy (non-hydrogen) atoms. The van der Waals surface area contributed by atoms with E-state index in [1.165, 1.54) is 22.0 Å². The summed E-state index contributed by atoms with van der Waals surface area (Å²) in [5, 5.41) is 1.30. The van der Waals surface area contributed by atoms with Crippen molar-refractivity contribution in [1.82, 2.24) is 4.98 Å². The van der Waals surface area contributed by atoms with E-state index in [4.69, 9.17) is 18.0 Å². The molecule has 3 N–H and O–H groups in total. The van der Waals surface area contributed by atoms with Crippen LogP contribution in [0.15, 0.2) is 18.3 Å². The maximum Gasteiger partial charge on any atom is 0.0750 e. The SMILES string of the molecule is NC1Cc2c[nH]c3ccc(C(=S)S)c(c23)C1. The highest BCUT2D eigenvalue weighted by molar-refractivity contribution is 8.11. The number of thiol groups is 1. The van der Waals surface area contributed by atoms with Gasteiger partial charge in [-0.2, -0.15) is 0 Å². The van der Waals surface area contributed by atoms with Crippen LogP contribution in [-0.4, -0.2) is 15.2 Å². The normalized spacial score (nSPS) is 19.0. The molecule has 4 heteroatoms. The van der Waals surface area contributed by atoms with Crippen LogP contribution in [0.4, 0.5) is 0 Å². The summed E-state index contributed by atoms with van der Waals surface area (Å²) >= 11 is 9.46. The molecule has 2 nitrogen and oxygen atoms in total. The number of H-pyrrole nitrogens is 1. The van der Waals surface area contributed by atoms with Gasteiger partial charge in [0.15, 0.2) is 0 Å². The van der Waals surface area contributed by atoms with Gasteiger partial charge in [0.05, 0.1) is 4.20 Å². The third kappa shape index (κ3) is 1.41. The number of aromatic nitrogens is 1. The number of aromatic amines is 1. The highest BCUT2D eigenvalue weighted by Crippen LogP contribution is 2.32. The lowest BCUT2D eigenvalue weighted by Gasteiger charge is -2.21. The summed E-state index contributed by atoms with van der Waals surface area (Å²) in [6.45, 7) is 0. The van der Waals surface area contributed by atoms with E-state index in [0.717, 1.165) is 18.4 Å². The van der Waals surface area contributed by atoms with Crippen molar-refractivity contribution in [2.45, 2.75) is 18.9 Å². The minimum Gasteiger partial charge on any atom is -0.361 e. The van der Waals surface area contributed by atoms with Gasteiger partial charge in [-0.1, -0.05) is 18.3 Å². The Kier molecular flexibility index (Phi) is 2.31. The Bertz CT molecular complexity index is 586. The van der Waals surface area contributed by atoms with Crippen LogP contribution in [-0.2, 0) is 12.8 Å². The number of nitrogens with one attached hydrogen (secondary N) is 1. The average Bonchev–Trinajstić information content (AvgIpc) is 2.62. The van der Waals surface area contributed by atoms with Crippen molar-refractivity contribution in [2.75, 3.05) is 0 Å². The van der Waals surface area contributed by atoms with Crippen LogP contribution in [0.2, 0.25) is 0 Å². The van der Waals surface area contributed by atoms with Crippen LogP contribution in [0, 0.1) is 0 Å². The Labute approximate surface area is 105 Å². The van der Waals surface area contributed by atoms with Gasteiger partial charge >= 0.3 is 0 Å². The average molecular weight is 248 g/mol. The standard InChI is InChI=1S/C12H12N2S2/c13-7-3-6-5-14-10-2-1-8(12(15)16)9(4-7)11(6)10/h1-2,5,7,14H,3-4,13H2,(H,15,16). The largest absolute Gasteiger partial charge is 0.361 e. The number of benzene rings is 1. The van der Waals surface area contributed by atoms with E-state index in [1.54, 1.807) is 0 Å². The lowest BCUT2D eigenvalue weighted by molar-refractivity contribution is 0.657. The molecule has 0 amide bonds. The van der Waals surface area contributed by atoms with Crippen molar-refractivity contribution in [3.63, 3.8) is 0 Å². The second-order valence-corrected chi connectivity index (χ2v) is 5.46. The molecule has 3 rings (SSSR count). The number of hydrogen-bond acceptors (Lipinski definition) is 2. The molecule has 0 radical (unpaired) electrons. The summed E-state index contributed by atoms with van der Waals surface area (Å²) in [5.74, 6) is 0. The summed E-state index contributed by atoms with van der Waals surface area (Å²) in [4.78, 5) is 3.28. The molecule has 82 valence electrons. The zero-order valence-corrected chi connectivity index (χ0v) is 10.4. The third-order valence-corrected chi connectivity index (χ3v) is 3.68. The van der Waals surface area contributed by atoms with Crippen molar-refractivity contribution in [2.24, 2.45) is 5.73 Å². The molecule has 0 aliphatic heterocycles. The number of nitrogens with two attached hydrogens (primary N) is 1. The molecule has 0 fully saturated rings. The topological polar surface area (TPSA) is 41.8 Å². The summed E-state index contributed by atoms with van der Waals surface area (Å²) < 4.78 is 0.651. The monoisotopic (exact) mass is 248 g/mol. The number of rotatable bonds is 1. The first-order valence-electron chi connectivity index (χ1n) is 5.27. The first-order valence-corrected chi connectivity index (χ1v) is 6.13. The first kappa shape index (κ1) is 10.3. The van der Waals surface area contributed by atoms with Gasteiger partial charge < -0.3 is 10.7 Å². The van der Waals surface area contributed by atoms with Gasteiger partial charge in [-0.15, -0.1) is 12.6 Å². The van der Waals surface area contributed by atoms with Crippen LogP contribution in [0.5, 0.6) is 0 Å². The Hall–Kier alpha value is -0.840. The highest BCUT2D eigenvalue weighted by Gasteiger charge is 2.22. The van der Waals surface area contributed by atoms with Crippen molar-refractivity contribution in [1.29, 1.82) is 0 Å². The maximum atomic E-state index is 6.07. The summed E-state index contributed by atoms with van der Waals surface area (Å²) in [5.41, 5.74) is 10.9. The van der Waals surface area contributed by atoms with Gasteiger partial charge in [0, 0.05) is 28.7 Å². The predicted octanol–water partition coefficient (Wildman–Crippen LogP) is 2.20. The fourth-order valence-corrected chi connectivity index (χ4v) is 2.96. The van der Waals surface area contributed by atoms with E-state index >= 15 is 0 Å². The predicted molar refractivity (Wildman–Crippen MR) is 74.4 cm³/mol. The van der Waals surface area contributed by atoms with Crippen molar-refractivity contribution in [3.8, 4) is 0 Å². The van der Waals surface area contributed by atoms with Crippen LogP contribution in [0.25, 0.3) is 10.9 Å². The van der Waals surface area contributed by atoms with Crippen molar-refractivity contribution in [3.05, 3.63) is 35.0 Å². The van der Waals surface area contributed by atoms with Gasteiger partial charge in [0.1, 0.15) is 0 Å². The molecule has 1 aliphatic carbocycles. The highest BCUT2D eigenvalue weighted by atomic mass is 32.1. The van der Waals surface area contributed by atoms with Gasteiger partial charge in [0.2, 0.25) is 0 Å². The molecular weight excluding hydrogens is 236 g/mol. The quantitative estimate of drug-likeness (QED) is 0.535. The molecule has 0 bridgehead atoms. The van der Waals surface area contributed by atoms with E-state index < -0.39 is 0 Å². The Morgan fingerprint density at radius 3 is 3.00 bits per heavy atom. The minimum atomic E-state index is 0.190. The molecule has 1 aromatic heterocycles. The summed E-state index contributed by atoms with van der Waals surface area (Å²) in [7, 11) is 0. The van der Waals surface area contributed by atoms with E-state index in [1.807, 2.05) is 6.07 Å². The first-order chi connectivity index (χ1) is 7.66. The summed E-state index contributed by atoms with van der Waals surface area (Å²) in [6, 6.07) is 4.29. The van der Waals surface area contributed by atoms with Crippen LogP contribution in [0.3, 0.4) is 0 Å². The van der Waals surface area contributed by atoms with Crippen LogP contribution >= 0.6 is 24.8 Å². The van der Waals surface area contributed by atoms with E-state index in [2.05, 4.69) is 29.9 Å². The molecule has 1 aliphatic rings. The zero-order valence-electron chi connectivity index (χ0n) is 8.66. The maximum absolute atomic E-state index is 6.07. The van der Waals surface area contributed by atoms with E-state index in [9.17, 15) is 0 Å². The molecule has 0 saturated heterocycles. The lowest BCUT2D eigenvalue weighted by Crippen LogP contribution is -2.29. The number of thiocarbonyl (C=S) groups is 1. The zero-order chi connectivity index (χ0) is 11.3. The molecule has 1 aromatic carbocycles.